The highest BCUT2D eigenvalue weighted by Gasteiger charge is 2.43. The molecule has 3 nitrogen and oxygen atoms in total. The quantitative estimate of drug-likeness (QED) is 0.654. The van der Waals surface area contributed by atoms with Crippen molar-refractivity contribution in [1.82, 2.24) is 4.98 Å². The van der Waals surface area contributed by atoms with Crippen molar-refractivity contribution in [2.75, 3.05) is 0 Å². The average Bonchev–Trinajstić information content (AvgIpc) is 3.43. The number of carbonyl (C=O) groups excluding carboxylic acids is 1. The van der Waals surface area contributed by atoms with E-state index < -0.39 is 0 Å². The van der Waals surface area contributed by atoms with Gasteiger partial charge in [-0.3, -0.25) is 9.78 Å². The van der Waals surface area contributed by atoms with E-state index in [0.29, 0.717) is 17.9 Å². The first kappa shape index (κ1) is 14.6. The van der Waals surface area contributed by atoms with Crippen LogP contribution in [0, 0.1) is 12.5 Å². The number of pyridine rings is 1. The van der Waals surface area contributed by atoms with Crippen molar-refractivity contribution in [3.8, 4) is 0 Å². The highest BCUT2D eigenvalue weighted by Crippen LogP contribution is 2.49. The molecule has 0 radical (unpaired) electrons. The Kier molecular flexibility index (Phi) is 3.59. The first-order valence-corrected chi connectivity index (χ1v) is 8.07. The molecule has 1 aromatic heterocycles. The number of nitrogens with zero attached hydrogens (tertiary/aromatic N) is 2. The standard InChI is InChI=1S/C21H16N2O/c1-22-18-4-2-3-16(11-18)19-12-20(19)21(24)10-14-5-6-17-13-23-8-7-15(17)9-14/h2-9,11,13,19-20H,10,12H2/t19-,20+/m0/s1. The molecule has 0 N–H and O–H groups in total. The number of hydrogen-bond donors (Lipinski definition) is 0. The van der Waals surface area contributed by atoms with E-state index >= 15 is 0 Å². The van der Waals surface area contributed by atoms with Crippen LogP contribution in [0.4, 0.5) is 5.69 Å². The topological polar surface area (TPSA) is 34.3 Å². The van der Waals surface area contributed by atoms with Crippen molar-refractivity contribution < 1.29 is 4.79 Å². The Hall–Kier alpha value is -2.99. The molecule has 1 fully saturated rings. The molecule has 3 aromatic rings. The van der Waals surface area contributed by atoms with E-state index in [-0.39, 0.29) is 11.8 Å². The number of aromatic nitrogens is 1. The smallest absolute Gasteiger partial charge is 0.187 e. The average molecular weight is 312 g/mol. The summed E-state index contributed by atoms with van der Waals surface area (Å²) in [6.07, 6.45) is 4.98. The van der Waals surface area contributed by atoms with Crippen molar-refractivity contribution in [2.45, 2.75) is 18.8 Å². The highest BCUT2D eigenvalue weighted by molar-refractivity contribution is 5.89. The Balaban J connectivity index is 1.48. The Bertz CT molecular complexity index is 971. The van der Waals surface area contributed by atoms with Crippen LogP contribution in [-0.2, 0) is 11.2 Å². The van der Waals surface area contributed by atoms with E-state index in [1.54, 1.807) is 12.3 Å². The molecular weight excluding hydrogens is 296 g/mol. The lowest BCUT2D eigenvalue weighted by Crippen LogP contribution is -2.06. The van der Waals surface area contributed by atoms with Crippen LogP contribution in [0.2, 0.25) is 0 Å². The molecule has 0 spiro atoms. The Morgan fingerprint density at radius 2 is 2.08 bits per heavy atom. The maximum atomic E-state index is 12.6. The fraction of sp³-hybridized carbons (Fsp3) is 0.190. The van der Waals surface area contributed by atoms with Gasteiger partial charge in [0.15, 0.2) is 5.69 Å². The van der Waals surface area contributed by atoms with Crippen molar-refractivity contribution in [2.24, 2.45) is 5.92 Å². The lowest BCUT2D eigenvalue weighted by Gasteiger charge is -2.04. The van der Waals surface area contributed by atoms with Crippen LogP contribution in [0.5, 0.6) is 0 Å². The number of benzene rings is 2. The summed E-state index contributed by atoms with van der Waals surface area (Å²) >= 11 is 0. The molecule has 2 atom stereocenters. The Morgan fingerprint density at radius 1 is 1.17 bits per heavy atom. The van der Waals surface area contributed by atoms with Gasteiger partial charge in [0.1, 0.15) is 5.78 Å². The molecule has 116 valence electrons. The lowest BCUT2D eigenvalue weighted by atomic mass is 10.0. The largest absolute Gasteiger partial charge is 0.299 e. The van der Waals surface area contributed by atoms with Gasteiger partial charge in [-0.05, 0) is 29.4 Å². The summed E-state index contributed by atoms with van der Waals surface area (Å²) in [5, 5.41) is 2.21. The molecular formula is C21H16N2O. The van der Waals surface area contributed by atoms with Gasteiger partial charge in [-0.2, -0.15) is 0 Å². The van der Waals surface area contributed by atoms with E-state index in [9.17, 15) is 4.79 Å². The molecule has 0 bridgehead atoms. The van der Waals surface area contributed by atoms with Crippen molar-refractivity contribution in [3.05, 3.63) is 83.5 Å². The molecule has 0 amide bonds. The van der Waals surface area contributed by atoms with Gasteiger partial charge in [0.2, 0.25) is 0 Å². The lowest BCUT2D eigenvalue weighted by molar-refractivity contribution is -0.119. The van der Waals surface area contributed by atoms with Gasteiger partial charge in [-0.15, -0.1) is 0 Å². The van der Waals surface area contributed by atoms with E-state index in [0.717, 1.165) is 28.3 Å². The van der Waals surface area contributed by atoms with Crippen LogP contribution in [-0.4, -0.2) is 10.8 Å². The third-order valence-electron chi connectivity index (χ3n) is 4.71. The number of hydrogen-bond acceptors (Lipinski definition) is 2. The molecule has 0 aliphatic heterocycles. The zero-order chi connectivity index (χ0) is 16.5. The first-order valence-electron chi connectivity index (χ1n) is 8.07. The van der Waals surface area contributed by atoms with Gasteiger partial charge in [-0.1, -0.05) is 48.0 Å². The van der Waals surface area contributed by atoms with Crippen molar-refractivity contribution in [3.63, 3.8) is 0 Å². The van der Waals surface area contributed by atoms with E-state index in [2.05, 4.69) is 15.9 Å². The minimum absolute atomic E-state index is 0.0964. The predicted molar refractivity (Wildman–Crippen MR) is 94.0 cm³/mol. The molecule has 24 heavy (non-hydrogen) atoms. The van der Waals surface area contributed by atoms with Crippen LogP contribution >= 0.6 is 0 Å². The predicted octanol–water partition coefficient (Wildman–Crippen LogP) is 4.70. The Morgan fingerprint density at radius 3 is 2.96 bits per heavy atom. The number of carbonyl (C=O) groups is 1. The van der Waals surface area contributed by atoms with Crippen molar-refractivity contribution >= 4 is 22.2 Å². The fourth-order valence-electron chi connectivity index (χ4n) is 3.32. The van der Waals surface area contributed by atoms with Gasteiger partial charge in [-0.25, -0.2) is 4.85 Å². The fourth-order valence-corrected chi connectivity index (χ4v) is 3.32. The van der Waals surface area contributed by atoms with Gasteiger partial charge in [0.05, 0.1) is 6.57 Å². The molecule has 1 aliphatic carbocycles. The molecule has 0 unspecified atom stereocenters. The minimum atomic E-state index is 0.0964. The molecule has 4 rings (SSSR count). The van der Waals surface area contributed by atoms with Crippen LogP contribution in [0.3, 0.4) is 0 Å². The zero-order valence-electron chi connectivity index (χ0n) is 13.1. The summed E-state index contributed by atoms with van der Waals surface area (Å²) in [7, 11) is 0. The number of Topliss-reactive ketones (excluding diaryl/α,β-unsaturated/α-hetero) is 1. The molecule has 1 aliphatic rings. The highest BCUT2D eigenvalue weighted by atomic mass is 16.1. The molecule has 1 heterocycles. The van der Waals surface area contributed by atoms with Gasteiger partial charge in [0, 0.05) is 30.1 Å². The summed E-state index contributed by atoms with van der Waals surface area (Å²) in [5.74, 6) is 0.671. The second-order valence-corrected chi connectivity index (χ2v) is 6.36. The van der Waals surface area contributed by atoms with Crippen LogP contribution in [0.1, 0.15) is 23.5 Å². The Labute approximate surface area is 140 Å². The van der Waals surface area contributed by atoms with Crippen LogP contribution in [0.25, 0.3) is 15.6 Å². The summed E-state index contributed by atoms with van der Waals surface area (Å²) in [6.45, 7) is 7.10. The molecule has 0 saturated heterocycles. The van der Waals surface area contributed by atoms with E-state index in [4.69, 9.17) is 6.57 Å². The summed E-state index contributed by atoms with van der Waals surface area (Å²) in [6, 6.07) is 15.7. The summed E-state index contributed by atoms with van der Waals surface area (Å²) in [5.41, 5.74) is 2.82. The molecule has 2 aromatic carbocycles. The maximum absolute atomic E-state index is 12.6. The number of ketones is 1. The number of rotatable bonds is 4. The molecule has 1 saturated carbocycles. The molecule has 3 heteroatoms. The van der Waals surface area contributed by atoms with Gasteiger partial charge >= 0.3 is 0 Å². The maximum Gasteiger partial charge on any atom is 0.187 e. The summed E-state index contributed by atoms with van der Waals surface area (Å²) < 4.78 is 0. The van der Waals surface area contributed by atoms with Crippen molar-refractivity contribution in [1.29, 1.82) is 0 Å². The summed E-state index contributed by atoms with van der Waals surface area (Å²) in [4.78, 5) is 20.2. The second kappa shape index (κ2) is 5.90. The second-order valence-electron chi connectivity index (χ2n) is 6.36. The van der Waals surface area contributed by atoms with E-state index in [1.165, 1.54) is 0 Å². The monoisotopic (exact) mass is 312 g/mol. The van der Waals surface area contributed by atoms with Crippen LogP contribution in [0.15, 0.2) is 60.9 Å². The third kappa shape index (κ3) is 2.79. The zero-order valence-corrected chi connectivity index (χ0v) is 13.1. The first-order chi connectivity index (χ1) is 11.7. The van der Waals surface area contributed by atoms with Gasteiger partial charge in [0.25, 0.3) is 0 Å². The number of fused-ring (bicyclic) bond motifs is 1. The van der Waals surface area contributed by atoms with Crippen LogP contribution < -0.4 is 0 Å². The third-order valence-corrected chi connectivity index (χ3v) is 4.71. The minimum Gasteiger partial charge on any atom is -0.299 e. The normalized spacial score (nSPS) is 19.0. The SMILES string of the molecule is [C-]#[N+]c1cccc([C@@H]2C[C@H]2C(=O)Cc2ccc3cnccc3c2)c1. The van der Waals surface area contributed by atoms with Gasteiger partial charge < -0.3 is 0 Å². The van der Waals surface area contributed by atoms with E-state index in [1.807, 2.05) is 42.6 Å².